The molecule has 2 fully saturated rings. The zero-order valence-corrected chi connectivity index (χ0v) is 19.9. The van der Waals surface area contributed by atoms with Gasteiger partial charge in [0.05, 0.1) is 37.7 Å². The third-order valence-electron chi connectivity index (χ3n) is 6.82. The van der Waals surface area contributed by atoms with Crippen molar-refractivity contribution in [3.05, 3.63) is 72.3 Å². The molecule has 0 bridgehead atoms. The van der Waals surface area contributed by atoms with Crippen LogP contribution in [0, 0.1) is 0 Å². The summed E-state index contributed by atoms with van der Waals surface area (Å²) in [7, 11) is 3.35. The number of thiocarbonyl (C=S) groups is 1. The second kappa shape index (κ2) is 9.43. The Hall–Kier alpha value is -3.06. The molecule has 0 spiro atoms. The van der Waals surface area contributed by atoms with Crippen LogP contribution in [0.3, 0.4) is 0 Å². The Kier molecular flexibility index (Phi) is 6.22. The zero-order valence-electron chi connectivity index (χ0n) is 19.1. The summed E-state index contributed by atoms with van der Waals surface area (Å²) in [5.41, 5.74) is 3.04. The van der Waals surface area contributed by atoms with Crippen molar-refractivity contribution < 1.29 is 9.47 Å². The van der Waals surface area contributed by atoms with Gasteiger partial charge in [-0.3, -0.25) is 4.98 Å². The third kappa shape index (κ3) is 4.17. The van der Waals surface area contributed by atoms with Crippen LogP contribution in [0.15, 0.2) is 61.1 Å². The highest BCUT2D eigenvalue weighted by Crippen LogP contribution is 2.46. The molecule has 6 nitrogen and oxygen atoms in total. The molecule has 5 rings (SSSR count). The van der Waals surface area contributed by atoms with E-state index >= 15 is 0 Å². The summed E-state index contributed by atoms with van der Waals surface area (Å²) in [6.45, 7) is 0. The van der Waals surface area contributed by atoms with E-state index < -0.39 is 0 Å². The number of nitrogens with one attached hydrogen (secondary N) is 1. The summed E-state index contributed by atoms with van der Waals surface area (Å²) in [6.07, 6.45) is 12.8. The van der Waals surface area contributed by atoms with Gasteiger partial charge >= 0.3 is 0 Å². The molecule has 1 aromatic carbocycles. The molecule has 7 heteroatoms. The maximum absolute atomic E-state index is 5.88. The van der Waals surface area contributed by atoms with E-state index in [0.29, 0.717) is 11.2 Å². The summed E-state index contributed by atoms with van der Waals surface area (Å²) in [4.78, 5) is 6.81. The number of hydrogen-bond acceptors (Lipinski definition) is 4. The number of hydrogen-bond donors (Lipinski definition) is 1. The van der Waals surface area contributed by atoms with Gasteiger partial charge in [0.25, 0.3) is 0 Å². The van der Waals surface area contributed by atoms with E-state index in [1.54, 1.807) is 14.2 Å². The van der Waals surface area contributed by atoms with Crippen molar-refractivity contribution >= 4 is 23.0 Å². The van der Waals surface area contributed by atoms with Crippen LogP contribution in [-0.2, 0) is 0 Å². The maximum Gasteiger partial charge on any atom is 0.174 e. The van der Waals surface area contributed by atoms with Crippen LogP contribution in [0.25, 0.3) is 0 Å². The molecule has 3 heterocycles. The van der Waals surface area contributed by atoms with Crippen LogP contribution in [-0.4, -0.2) is 28.9 Å². The first-order valence-corrected chi connectivity index (χ1v) is 12.0. The molecular formula is C26H30N4O2S. The van der Waals surface area contributed by atoms with E-state index in [0.717, 1.165) is 22.9 Å². The highest BCUT2D eigenvalue weighted by molar-refractivity contribution is 7.80. The molecule has 1 saturated heterocycles. The van der Waals surface area contributed by atoms with Gasteiger partial charge in [0.15, 0.2) is 5.11 Å². The first-order valence-electron chi connectivity index (χ1n) is 11.6. The van der Waals surface area contributed by atoms with Crippen LogP contribution < -0.4 is 19.7 Å². The van der Waals surface area contributed by atoms with Gasteiger partial charge in [-0.05, 0) is 61.0 Å². The molecule has 3 aromatic rings. The zero-order chi connectivity index (χ0) is 22.8. The maximum atomic E-state index is 5.88. The Balaban J connectivity index is 1.59. The van der Waals surface area contributed by atoms with E-state index in [1.807, 2.05) is 36.5 Å². The van der Waals surface area contributed by atoms with Gasteiger partial charge in [-0.25, -0.2) is 0 Å². The molecule has 1 aliphatic carbocycles. The Morgan fingerprint density at radius 3 is 2.61 bits per heavy atom. The van der Waals surface area contributed by atoms with Gasteiger partial charge in [-0.2, -0.15) is 0 Å². The average Bonchev–Trinajstić information content (AvgIpc) is 3.49. The second-order valence-corrected chi connectivity index (χ2v) is 9.10. The fourth-order valence-electron chi connectivity index (χ4n) is 5.15. The van der Waals surface area contributed by atoms with Crippen LogP contribution in [0.4, 0.5) is 5.69 Å². The van der Waals surface area contributed by atoms with Gasteiger partial charge in [-0.1, -0.05) is 25.3 Å². The fourth-order valence-corrected chi connectivity index (χ4v) is 5.49. The standard InChI is InChI=1S/C26H30N4O2S/c1-31-20-11-12-23(32-2)22(16-20)30-25(24(28-26(30)33)21-10-6-7-14-27-21)18-13-15-29(17-18)19-8-4-3-5-9-19/h6-7,10-17,19,24-25H,3-5,8-9H2,1-2H3,(H,28,33)/t24-,25+/m1/s1. The first kappa shape index (κ1) is 21.8. The van der Waals surface area contributed by atoms with Crippen LogP contribution in [0.1, 0.15) is 61.5 Å². The molecule has 1 aliphatic heterocycles. The normalized spacial score (nSPS) is 21.2. The van der Waals surface area contributed by atoms with Gasteiger partial charge in [0, 0.05) is 30.7 Å². The number of nitrogens with zero attached hydrogens (tertiary/aromatic N) is 3. The number of pyridine rings is 1. The largest absolute Gasteiger partial charge is 0.497 e. The molecule has 172 valence electrons. The molecule has 1 saturated carbocycles. The number of rotatable bonds is 6. The highest BCUT2D eigenvalue weighted by Gasteiger charge is 2.42. The van der Waals surface area contributed by atoms with Gasteiger partial charge in [-0.15, -0.1) is 0 Å². The minimum atomic E-state index is -0.0863. The molecule has 1 N–H and O–H groups in total. The van der Waals surface area contributed by atoms with E-state index in [9.17, 15) is 0 Å². The van der Waals surface area contributed by atoms with E-state index in [-0.39, 0.29) is 12.1 Å². The van der Waals surface area contributed by atoms with Crippen LogP contribution >= 0.6 is 12.2 Å². The van der Waals surface area contributed by atoms with Crippen molar-refractivity contribution in [1.29, 1.82) is 0 Å². The highest BCUT2D eigenvalue weighted by atomic mass is 32.1. The molecule has 33 heavy (non-hydrogen) atoms. The summed E-state index contributed by atoms with van der Waals surface area (Å²) in [5.74, 6) is 1.51. The minimum Gasteiger partial charge on any atom is -0.497 e. The number of aromatic nitrogens is 2. The summed E-state index contributed by atoms with van der Waals surface area (Å²) in [6, 6.07) is 14.5. The first-order chi connectivity index (χ1) is 16.2. The minimum absolute atomic E-state index is 0.0711. The SMILES string of the molecule is COc1ccc(OC)c(N2C(=S)N[C@H](c3ccccn3)[C@@H]2c2ccn(C3CCCCC3)c2)c1. The van der Waals surface area contributed by atoms with Crippen LogP contribution in [0.5, 0.6) is 11.5 Å². The van der Waals surface area contributed by atoms with Crippen molar-refractivity contribution in [3.8, 4) is 11.5 Å². The van der Waals surface area contributed by atoms with Crippen LogP contribution in [0.2, 0.25) is 0 Å². The lowest BCUT2D eigenvalue weighted by molar-refractivity contribution is 0.353. The number of methoxy groups -OCH3 is 2. The molecular weight excluding hydrogens is 432 g/mol. The van der Waals surface area contributed by atoms with E-state index in [4.69, 9.17) is 21.7 Å². The van der Waals surface area contributed by atoms with E-state index in [1.165, 1.54) is 37.7 Å². The number of anilines is 1. The topological polar surface area (TPSA) is 51.6 Å². The quantitative estimate of drug-likeness (QED) is 0.483. The monoisotopic (exact) mass is 462 g/mol. The third-order valence-corrected chi connectivity index (χ3v) is 7.13. The van der Waals surface area contributed by atoms with Gasteiger partial charge in [0.1, 0.15) is 11.5 Å². The second-order valence-electron chi connectivity index (χ2n) is 8.72. The fraction of sp³-hybridized carbons (Fsp3) is 0.385. The van der Waals surface area contributed by atoms with E-state index in [2.05, 4.69) is 44.3 Å². The lowest BCUT2D eigenvalue weighted by Gasteiger charge is -2.29. The van der Waals surface area contributed by atoms with Gasteiger partial charge in [0.2, 0.25) is 0 Å². The lowest BCUT2D eigenvalue weighted by Crippen LogP contribution is -2.29. The van der Waals surface area contributed by atoms with Gasteiger partial charge < -0.3 is 24.3 Å². The van der Waals surface area contributed by atoms with Crippen molar-refractivity contribution in [2.24, 2.45) is 0 Å². The summed E-state index contributed by atoms with van der Waals surface area (Å²) < 4.78 is 13.6. The summed E-state index contributed by atoms with van der Waals surface area (Å²) >= 11 is 5.88. The average molecular weight is 463 g/mol. The molecule has 0 unspecified atom stereocenters. The Bertz CT molecular complexity index is 1110. The predicted octanol–water partition coefficient (Wildman–Crippen LogP) is 5.58. The number of ether oxygens (including phenoxy) is 2. The Morgan fingerprint density at radius 1 is 1.03 bits per heavy atom. The molecule has 2 aromatic heterocycles. The smallest absolute Gasteiger partial charge is 0.174 e. The molecule has 0 radical (unpaired) electrons. The lowest BCUT2D eigenvalue weighted by atomic mass is 9.95. The molecule has 0 amide bonds. The van der Waals surface area contributed by atoms with Crippen molar-refractivity contribution in [2.45, 2.75) is 50.2 Å². The molecule has 2 atom stereocenters. The summed E-state index contributed by atoms with van der Waals surface area (Å²) in [5, 5.41) is 4.18. The Morgan fingerprint density at radius 2 is 1.88 bits per heavy atom. The number of benzene rings is 1. The van der Waals surface area contributed by atoms with Crippen molar-refractivity contribution in [2.75, 3.05) is 19.1 Å². The molecule has 2 aliphatic rings. The predicted molar refractivity (Wildman–Crippen MR) is 134 cm³/mol. The Labute approximate surface area is 200 Å². The van der Waals surface area contributed by atoms with Crippen molar-refractivity contribution in [3.63, 3.8) is 0 Å². The van der Waals surface area contributed by atoms with Crippen molar-refractivity contribution in [1.82, 2.24) is 14.9 Å².